The number of phosphoric acid groups is 1. The van der Waals surface area contributed by atoms with Crippen molar-refractivity contribution in [2.24, 2.45) is 0 Å². The largest absolute Gasteiger partial charge is 0.469 e. The molecule has 0 saturated heterocycles. The minimum Gasteiger partial charge on any atom is -0.312 e. The molecule has 0 heterocycles. The zero-order chi connectivity index (χ0) is 16.6. The van der Waals surface area contributed by atoms with Gasteiger partial charge in [0.25, 0.3) is 0 Å². The van der Waals surface area contributed by atoms with Crippen LogP contribution in [0.3, 0.4) is 0 Å². The van der Waals surface area contributed by atoms with Crippen LogP contribution in [0.1, 0.15) is 71.1 Å². The molecule has 0 bridgehead atoms. The van der Waals surface area contributed by atoms with Crippen molar-refractivity contribution in [1.29, 1.82) is 0 Å². The lowest BCUT2D eigenvalue weighted by molar-refractivity contribution is 0.193. The smallest absolute Gasteiger partial charge is 0.312 e. The van der Waals surface area contributed by atoms with Crippen molar-refractivity contribution in [1.82, 2.24) is 4.90 Å². The van der Waals surface area contributed by atoms with E-state index in [1.807, 2.05) is 26.0 Å². The molecule has 0 aliphatic carbocycles. The Bertz CT molecular complexity index is 241. The molecule has 0 amide bonds. The van der Waals surface area contributed by atoms with Gasteiger partial charge in [-0.05, 0) is 27.6 Å². The summed E-state index contributed by atoms with van der Waals surface area (Å²) in [5.41, 5.74) is 0. The van der Waals surface area contributed by atoms with Crippen LogP contribution in [0.2, 0.25) is 0 Å². The van der Waals surface area contributed by atoms with Crippen molar-refractivity contribution in [3.8, 4) is 0 Å². The molecule has 0 aromatic rings. The SMILES string of the molecule is CCCCCCCCCCCCOP(=O)(O)O.CN(C)C. The van der Waals surface area contributed by atoms with E-state index in [1.54, 1.807) is 0 Å². The van der Waals surface area contributed by atoms with E-state index in [9.17, 15) is 4.57 Å². The van der Waals surface area contributed by atoms with Gasteiger partial charge in [0.2, 0.25) is 0 Å². The summed E-state index contributed by atoms with van der Waals surface area (Å²) < 4.78 is 14.7. The minimum absolute atomic E-state index is 0.167. The highest BCUT2D eigenvalue weighted by atomic mass is 31.2. The number of hydrogen-bond donors (Lipinski definition) is 2. The van der Waals surface area contributed by atoms with Gasteiger partial charge >= 0.3 is 7.82 Å². The van der Waals surface area contributed by atoms with Gasteiger partial charge in [0.05, 0.1) is 6.61 Å². The zero-order valence-electron chi connectivity index (χ0n) is 14.4. The Morgan fingerprint density at radius 1 is 0.810 bits per heavy atom. The van der Waals surface area contributed by atoms with Gasteiger partial charge in [0, 0.05) is 0 Å². The normalized spacial score (nSPS) is 11.4. The van der Waals surface area contributed by atoms with Crippen LogP contribution in [0.5, 0.6) is 0 Å². The summed E-state index contributed by atoms with van der Waals surface area (Å²) in [7, 11) is 1.76. The average molecular weight is 325 g/mol. The van der Waals surface area contributed by atoms with Gasteiger partial charge in [-0.2, -0.15) is 0 Å². The first kappa shape index (κ1) is 23.3. The lowest BCUT2D eigenvalue weighted by Gasteiger charge is -2.05. The van der Waals surface area contributed by atoms with Crippen molar-refractivity contribution < 1.29 is 18.9 Å². The second-order valence-corrected chi connectivity index (χ2v) is 7.09. The Morgan fingerprint density at radius 2 is 1.14 bits per heavy atom. The Kier molecular flexibility index (Phi) is 18.3. The minimum atomic E-state index is -4.24. The number of unbranched alkanes of at least 4 members (excludes halogenated alkanes) is 9. The van der Waals surface area contributed by atoms with Crippen LogP contribution < -0.4 is 0 Å². The van der Waals surface area contributed by atoms with Gasteiger partial charge in [-0.25, -0.2) is 4.57 Å². The lowest BCUT2D eigenvalue weighted by Crippen LogP contribution is -1.99. The van der Waals surface area contributed by atoms with Crippen LogP contribution in [0.15, 0.2) is 0 Å². The summed E-state index contributed by atoms with van der Waals surface area (Å²) in [5, 5.41) is 0. The van der Waals surface area contributed by atoms with Gasteiger partial charge in [0.1, 0.15) is 0 Å². The van der Waals surface area contributed by atoms with Gasteiger partial charge in [-0.15, -0.1) is 0 Å². The molecule has 0 spiro atoms. The third kappa shape index (κ3) is 33.1. The molecule has 0 rings (SSSR count). The first-order valence-electron chi connectivity index (χ1n) is 8.10. The summed E-state index contributed by atoms with van der Waals surface area (Å²) in [6.07, 6.45) is 12.0. The second kappa shape index (κ2) is 16.4. The fourth-order valence-electron chi connectivity index (χ4n) is 1.77. The Hall–Kier alpha value is 0.0700. The van der Waals surface area contributed by atoms with E-state index in [-0.39, 0.29) is 6.61 Å². The van der Waals surface area contributed by atoms with Crippen LogP contribution in [0.25, 0.3) is 0 Å². The Balaban J connectivity index is 0. The molecule has 0 radical (unpaired) electrons. The molecule has 2 N–H and O–H groups in total. The topological polar surface area (TPSA) is 70.0 Å². The van der Waals surface area contributed by atoms with E-state index < -0.39 is 7.82 Å². The molecule has 0 unspecified atom stereocenters. The van der Waals surface area contributed by atoms with E-state index in [0.29, 0.717) is 0 Å². The molecule has 0 fully saturated rings. The maximum absolute atomic E-state index is 10.4. The Morgan fingerprint density at radius 3 is 1.48 bits per heavy atom. The van der Waals surface area contributed by atoms with Crippen LogP contribution in [0, 0.1) is 0 Å². The fourth-order valence-corrected chi connectivity index (χ4v) is 2.14. The van der Waals surface area contributed by atoms with Crippen LogP contribution in [-0.4, -0.2) is 42.4 Å². The van der Waals surface area contributed by atoms with Gasteiger partial charge in [-0.1, -0.05) is 64.7 Å². The molecular weight excluding hydrogens is 289 g/mol. The molecule has 0 saturated carbocycles. The van der Waals surface area contributed by atoms with Gasteiger partial charge < -0.3 is 14.7 Å². The average Bonchev–Trinajstić information content (AvgIpc) is 2.34. The molecule has 130 valence electrons. The highest BCUT2D eigenvalue weighted by Crippen LogP contribution is 2.35. The molecule has 0 atom stereocenters. The van der Waals surface area contributed by atoms with E-state index in [2.05, 4.69) is 11.4 Å². The van der Waals surface area contributed by atoms with Crippen LogP contribution in [0.4, 0.5) is 0 Å². The summed E-state index contributed by atoms with van der Waals surface area (Å²) >= 11 is 0. The number of phosphoric ester groups is 1. The first-order chi connectivity index (χ1) is 9.79. The van der Waals surface area contributed by atoms with Crippen molar-refractivity contribution in [3.05, 3.63) is 0 Å². The summed E-state index contributed by atoms with van der Waals surface area (Å²) in [5.74, 6) is 0. The van der Waals surface area contributed by atoms with E-state index in [1.165, 1.54) is 44.9 Å². The zero-order valence-corrected chi connectivity index (χ0v) is 15.3. The Labute approximate surface area is 131 Å². The maximum Gasteiger partial charge on any atom is 0.469 e. The predicted molar refractivity (Wildman–Crippen MR) is 89.5 cm³/mol. The third-order valence-corrected chi connectivity index (χ3v) is 3.28. The van der Waals surface area contributed by atoms with Crippen molar-refractivity contribution >= 4 is 7.82 Å². The lowest BCUT2D eigenvalue weighted by atomic mass is 10.1. The number of rotatable bonds is 12. The number of nitrogens with zero attached hydrogens (tertiary/aromatic N) is 1. The van der Waals surface area contributed by atoms with Crippen LogP contribution in [-0.2, 0) is 9.09 Å². The molecule has 0 aromatic carbocycles. The van der Waals surface area contributed by atoms with Crippen molar-refractivity contribution in [2.45, 2.75) is 71.1 Å². The summed E-state index contributed by atoms with van der Waals surface area (Å²) in [6.45, 7) is 2.39. The highest BCUT2D eigenvalue weighted by molar-refractivity contribution is 7.46. The van der Waals surface area contributed by atoms with E-state index in [0.717, 1.165) is 19.3 Å². The van der Waals surface area contributed by atoms with Crippen LogP contribution >= 0.6 is 7.82 Å². The molecule has 0 aliphatic heterocycles. The molecular formula is C15H36NO4P. The van der Waals surface area contributed by atoms with E-state index >= 15 is 0 Å². The molecule has 6 heteroatoms. The van der Waals surface area contributed by atoms with E-state index in [4.69, 9.17) is 9.79 Å². The van der Waals surface area contributed by atoms with Gasteiger partial charge in [0.15, 0.2) is 0 Å². The predicted octanol–water partition coefficient (Wildman–Crippen LogP) is 4.19. The van der Waals surface area contributed by atoms with Crippen molar-refractivity contribution in [2.75, 3.05) is 27.7 Å². The molecule has 21 heavy (non-hydrogen) atoms. The number of hydrogen-bond acceptors (Lipinski definition) is 3. The van der Waals surface area contributed by atoms with Crippen molar-refractivity contribution in [3.63, 3.8) is 0 Å². The quantitative estimate of drug-likeness (QED) is 0.416. The third-order valence-electron chi connectivity index (χ3n) is 2.76. The summed E-state index contributed by atoms with van der Waals surface area (Å²) in [4.78, 5) is 18.9. The first-order valence-corrected chi connectivity index (χ1v) is 9.63. The molecule has 0 aromatic heterocycles. The molecule has 0 aliphatic rings. The second-order valence-electron chi connectivity index (χ2n) is 5.85. The van der Waals surface area contributed by atoms with Gasteiger partial charge in [-0.3, -0.25) is 4.52 Å². The molecule has 5 nitrogen and oxygen atoms in total. The monoisotopic (exact) mass is 325 g/mol. The standard InChI is InChI=1S/C12H27O4P.C3H9N/c1-2-3-4-5-6-7-8-9-10-11-12-16-17(13,14)15;1-4(2)3/h2-12H2,1H3,(H2,13,14,15);1-3H3. The summed E-state index contributed by atoms with van der Waals surface area (Å²) in [6, 6.07) is 0. The maximum atomic E-state index is 10.4. The highest BCUT2D eigenvalue weighted by Gasteiger charge is 2.12. The fraction of sp³-hybridized carbons (Fsp3) is 1.00.